The first-order valence-electron chi connectivity index (χ1n) is 19.9. The van der Waals surface area contributed by atoms with Crippen LogP contribution in [0.4, 0.5) is 5.69 Å². The predicted molar refractivity (Wildman–Crippen MR) is 218 cm³/mol. The molecule has 1 aromatic rings. The molecule has 8 rings (SSSR count). The van der Waals surface area contributed by atoms with Crippen LogP contribution in [0.1, 0.15) is 90.5 Å². The normalized spacial score (nSPS) is 29.3. The van der Waals surface area contributed by atoms with Gasteiger partial charge in [0, 0.05) is 34.6 Å². The van der Waals surface area contributed by atoms with E-state index in [2.05, 4.69) is 164 Å². The van der Waals surface area contributed by atoms with E-state index in [0.29, 0.717) is 30.0 Å². The highest BCUT2D eigenvalue weighted by Gasteiger charge is 2.44. The molecule has 51 heavy (non-hydrogen) atoms. The summed E-state index contributed by atoms with van der Waals surface area (Å²) in [5.41, 5.74) is 11.3. The maximum atomic E-state index is 2.75. The van der Waals surface area contributed by atoms with Gasteiger partial charge in [-0.2, -0.15) is 0 Å². The molecule has 0 heterocycles. The zero-order valence-electron chi connectivity index (χ0n) is 31.1. The van der Waals surface area contributed by atoms with Crippen LogP contribution in [0.25, 0.3) is 6.08 Å². The molecule has 0 radical (unpaired) electrons. The van der Waals surface area contributed by atoms with Crippen LogP contribution in [-0.2, 0) is 0 Å². The largest absolute Gasteiger partial charge is 0.358 e. The fraction of sp³-hybridized carbons (Fsp3) is 0.388. The van der Waals surface area contributed by atoms with Crippen LogP contribution in [0.2, 0.25) is 0 Å². The van der Waals surface area contributed by atoms with Gasteiger partial charge in [0.05, 0.1) is 6.04 Å². The molecule has 0 aromatic heterocycles. The molecule has 262 valence electrons. The fourth-order valence-electron chi connectivity index (χ4n) is 9.48. The first-order valence-corrected chi connectivity index (χ1v) is 19.9. The number of nitrogens with zero attached hydrogens (tertiary/aromatic N) is 2. The van der Waals surface area contributed by atoms with Crippen LogP contribution in [0.5, 0.6) is 0 Å². The summed E-state index contributed by atoms with van der Waals surface area (Å²) in [4.78, 5) is 5.34. The zero-order chi connectivity index (χ0) is 34.8. The summed E-state index contributed by atoms with van der Waals surface area (Å²) in [6.45, 7) is 7.31. The molecule has 1 saturated carbocycles. The van der Waals surface area contributed by atoms with Crippen molar-refractivity contribution in [2.45, 2.75) is 103 Å². The first-order chi connectivity index (χ1) is 25.0. The van der Waals surface area contributed by atoms with E-state index in [0.717, 1.165) is 51.4 Å². The van der Waals surface area contributed by atoms with Crippen molar-refractivity contribution >= 4 is 11.8 Å². The number of fused-ring (bicyclic) bond motifs is 3. The molecule has 0 N–H and O–H groups in total. The topological polar surface area (TPSA) is 6.48 Å². The Morgan fingerprint density at radius 1 is 0.686 bits per heavy atom. The molecule has 0 bridgehead atoms. The van der Waals surface area contributed by atoms with Gasteiger partial charge in [0.15, 0.2) is 0 Å². The Balaban J connectivity index is 1.03. The van der Waals surface area contributed by atoms with Gasteiger partial charge in [0.2, 0.25) is 0 Å². The molecule has 5 unspecified atom stereocenters. The Morgan fingerprint density at radius 3 is 2.16 bits per heavy atom. The molecule has 1 fully saturated rings. The van der Waals surface area contributed by atoms with E-state index in [1.807, 2.05) is 0 Å². The summed E-state index contributed by atoms with van der Waals surface area (Å²) in [5, 5.41) is 0. The standard InChI is InChI=1S/C49H56N2/c1-36-16-13-14-25-48(36)51(41-21-11-6-12-22-41)43-23-15-24-44-45-33-30-38(34-46(45)49(2,3)47(44)35-43)27-26-37-28-31-42(32-29-37)50(39-17-7-4-8-18-39)40-19-9-5-10-20-40/h4,7,9,11,13-14,16,19-22,24-29,31-36,38-39,43,48H,5-6,8,10,12,15,17-18,23,30H2,1-3H3. The number of benzene rings is 1. The maximum absolute atomic E-state index is 2.75. The summed E-state index contributed by atoms with van der Waals surface area (Å²) in [7, 11) is 0. The summed E-state index contributed by atoms with van der Waals surface area (Å²) in [5.74, 6) is 0.882. The lowest BCUT2D eigenvalue weighted by Crippen LogP contribution is -2.44. The number of hydrogen-bond acceptors (Lipinski definition) is 2. The molecule has 1 aromatic carbocycles. The summed E-state index contributed by atoms with van der Waals surface area (Å²) in [6.07, 6.45) is 54.8. The molecule has 0 amide bonds. The molecule has 5 atom stereocenters. The zero-order valence-corrected chi connectivity index (χ0v) is 31.1. The van der Waals surface area contributed by atoms with Crippen LogP contribution in [0.3, 0.4) is 0 Å². The third-order valence-electron chi connectivity index (χ3n) is 12.3. The average molecular weight is 673 g/mol. The Labute approximate surface area is 307 Å². The van der Waals surface area contributed by atoms with E-state index in [1.165, 1.54) is 57.8 Å². The summed E-state index contributed by atoms with van der Waals surface area (Å²) >= 11 is 0. The van der Waals surface area contributed by atoms with Crippen molar-refractivity contribution < 1.29 is 0 Å². The molecule has 0 saturated heterocycles. The maximum Gasteiger partial charge on any atom is 0.0542 e. The molecule has 7 aliphatic rings. The third-order valence-corrected chi connectivity index (χ3v) is 12.3. The van der Waals surface area contributed by atoms with Gasteiger partial charge in [-0.1, -0.05) is 130 Å². The number of allylic oxidation sites excluding steroid dienone is 17. The predicted octanol–water partition coefficient (Wildman–Crippen LogP) is 12.4. The van der Waals surface area contributed by atoms with E-state index in [1.54, 1.807) is 0 Å². The van der Waals surface area contributed by atoms with Gasteiger partial charge < -0.3 is 9.80 Å². The van der Waals surface area contributed by atoms with Crippen molar-refractivity contribution in [2.75, 3.05) is 4.90 Å². The van der Waals surface area contributed by atoms with Gasteiger partial charge >= 0.3 is 0 Å². The van der Waals surface area contributed by atoms with E-state index < -0.39 is 0 Å². The molecular weight excluding hydrogens is 617 g/mol. The fourth-order valence-corrected chi connectivity index (χ4v) is 9.48. The Bertz CT molecular complexity index is 1860. The van der Waals surface area contributed by atoms with Crippen LogP contribution >= 0.6 is 0 Å². The summed E-state index contributed by atoms with van der Waals surface area (Å²) < 4.78 is 0. The van der Waals surface area contributed by atoms with Crippen molar-refractivity contribution in [3.8, 4) is 0 Å². The average Bonchev–Trinajstić information content (AvgIpc) is 3.28. The van der Waals surface area contributed by atoms with Crippen LogP contribution in [0.15, 0.2) is 161 Å². The van der Waals surface area contributed by atoms with Crippen molar-refractivity contribution in [2.24, 2.45) is 17.3 Å². The van der Waals surface area contributed by atoms with Gasteiger partial charge in [-0.3, -0.25) is 0 Å². The van der Waals surface area contributed by atoms with Gasteiger partial charge in [0.25, 0.3) is 0 Å². The SMILES string of the molecule is CC1C=CC=CC1N(C1=CCCC=C1)C1C=C2C(=CCC1)C1=CCC(C=Cc3ccc(N(C4=CCCC=C4)C4CC=CCC4)cc3)C=C1C2(C)C. The first kappa shape index (κ1) is 33.8. The second-order valence-corrected chi connectivity index (χ2v) is 16.1. The highest BCUT2D eigenvalue weighted by atomic mass is 15.2. The summed E-state index contributed by atoms with van der Waals surface area (Å²) in [6, 6.07) is 10.6. The quantitative estimate of drug-likeness (QED) is 0.254. The van der Waals surface area contributed by atoms with Crippen molar-refractivity contribution in [3.63, 3.8) is 0 Å². The smallest absolute Gasteiger partial charge is 0.0542 e. The number of anilines is 1. The second-order valence-electron chi connectivity index (χ2n) is 16.1. The van der Waals surface area contributed by atoms with Crippen LogP contribution in [-0.4, -0.2) is 23.0 Å². The Kier molecular flexibility index (Phi) is 9.78. The number of rotatable bonds is 8. The molecule has 7 aliphatic carbocycles. The second kappa shape index (κ2) is 14.7. The molecule has 0 aliphatic heterocycles. The van der Waals surface area contributed by atoms with Crippen molar-refractivity contribution in [1.29, 1.82) is 0 Å². The minimum absolute atomic E-state index is 0.0230. The number of hydrogen-bond donors (Lipinski definition) is 0. The van der Waals surface area contributed by atoms with Crippen molar-refractivity contribution in [3.05, 3.63) is 167 Å². The van der Waals surface area contributed by atoms with Gasteiger partial charge in [0.1, 0.15) is 0 Å². The Hall–Kier alpha value is -4.30. The molecule has 0 spiro atoms. The van der Waals surface area contributed by atoms with Crippen LogP contribution < -0.4 is 4.90 Å². The van der Waals surface area contributed by atoms with Crippen molar-refractivity contribution in [1.82, 2.24) is 4.90 Å². The van der Waals surface area contributed by atoms with E-state index in [-0.39, 0.29) is 5.41 Å². The highest BCUT2D eigenvalue weighted by molar-refractivity contribution is 5.71. The highest BCUT2D eigenvalue weighted by Crippen LogP contribution is 2.56. The molecule has 2 nitrogen and oxygen atoms in total. The Morgan fingerprint density at radius 2 is 1.43 bits per heavy atom. The van der Waals surface area contributed by atoms with Crippen LogP contribution in [0, 0.1) is 17.3 Å². The van der Waals surface area contributed by atoms with Gasteiger partial charge in [-0.15, -0.1) is 0 Å². The monoisotopic (exact) mass is 672 g/mol. The lowest BCUT2D eigenvalue weighted by molar-refractivity contribution is 0.211. The third kappa shape index (κ3) is 6.87. The van der Waals surface area contributed by atoms with E-state index >= 15 is 0 Å². The lowest BCUT2D eigenvalue weighted by atomic mass is 9.78. The van der Waals surface area contributed by atoms with E-state index in [4.69, 9.17) is 0 Å². The molecule has 2 heteroatoms. The lowest BCUT2D eigenvalue weighted by Gasteiger charge is -2.42. The van der Waals surface area contributed by atoms with Gasteiger partial charge in [-0.25, -0.2) is 0 Å². The van der Waals surface area contributed by atoms with Gasteiger partial charge in [-0.05, 0) is 128 Å². The minimum atomic E-state index is -0.0230. The van der Waals surface area contributed by atoms with E-state index in [9.17, 15) is 0 Å². The molecular formula is C49H56N2. The minimum Gasteiger partial charge on any atom is -0.358 e.